The maximum absolute atomic E-state index is 13.4. The van der Waals surface area contributed by atoms with Crippen molar-refractivity contribution in [1.82, 2.24) is 42.5 Å². The molecular weight excluding hydrogens is 941 g/mol. The van der Waals surface area contributed by atoms with Crippen molar-refractivity contribution < 1.29 is 73.2 Å². The van der Waals surface area contributed by atoms with E-state index in [9.17, 15) is 73.2 Å². The lowest BCUT2D eigenvalue weighted by atomic mass is 10.0. The van der Waals surface area contributed by atoms with Crippen LogP contribution in [0.2, 0.25) is 0 Å². The summed E-state index contributed by atoms with van der Waals surface area (Å²) >= 11 is 1.27. The summed E-state index contributed by atoms with van der Waals surface area (Å²) in [6.45, 7) is 2.67. The number of amides is 9. The van der Waals surface area contributed by atoms with E-state index >= 15 is 0 Å². The summed E-state index contributed by atoms with van der Waals surface area (Å²) in [7, 11) is 0. The highest BCUT2D eigenvalue weighted by atomic mass is 32.2. The van der Waals surface area contributed by atoms with Gasteiger partial charge in [0.05, 0.1) is 38.1 Å². The van der Waals surface area contributed by atoms with Crippen molar-refractivity contribution in [2.45, 2.75) is 101 Å². The smallest absolute Gasteiger partial charge is 0.326 e. The summed E-state index contributed by atoms with van der Waals surface area (Å²) in [5.74, 6) is -12.3. The molecule has 0 unspecified atom stereocenters. The first-order valence-electron chi connectivity index (χ1n) is 21.7. The fourth-order valence-corrected chi connectivity index (χ4v) is 6.83. The molecular formula is C44H62N10O15S. The molecule has 2 aromatic rings. The van der Waals surface area contributed by atoms with Crippen LogP contribution in [0.15, 0.2) is 54.6 Å². The van der Waals surface area contributed by atoms with Crippen molar-refractivity contribution in [3.05, 3.63) is 65.7 Å². The molecule has 0 aliphatic rings. The zero-order valence-corrected chi connectivity index (χ0v) is 39.7. The fraction of sp³-hybridized carbons (Fsp3) is 0.477. The number of aliphatic hydroxyl groups is 1. The van der Waals surface area contributed by atoms with Crippen LogP contribution in [0.25, 0.3) is 0 Å². The number of carbonyl (C=O) groups excluding carboxylic acids is 9. The maximum Gasteiger partial charge on any atom is 0.326 e. The number of primary amides is 1. The van der Waals surface area contributed by atoms with Crippen LogP contribution in [0.3, 0.4) is 0 Å². The largest absolute Gasteiger partial charge is 0.508 e. The lowest BCUT2D eigenvalue weighted by Gasteiger charge is -2.26. The Morgan fingerprint density at radius 1 is 0.586 bits per heavy atom. The van der Waals surface area contributed by atoms with Crippen LogP contribution in [0.5, 0.6) is 5.75 Å². The summed E-state index contributed by atoms with van der Waals surface area (Å²) in [5.41, 5.74) is 12.5. The second kappa shape index (κ2) is 29.5. The Morgan fingerprint density at radius 3 is 1.67 bits per heavy atom. The molecule has 0 spiro atoms. The number of benzene rings is 2. The first kappa shape index (κ1) is 58.8. The molecule has 0 heterocycles. The molecule has 0 aliphatic heterocycles. The van der Waals surface area contributed by atoms with Crippen LogP contribution in [-0.2, 0) is 65.6 Å². The van der Waals surface area contributed by atoms with Crippen LogP contribution in [0.1, 0.15) is 51.2 Å². The van der Waals surface area contributed by atoms with Gasteiger partial charge in [0.25, 0.3) is 0 Å². The number of phenols is 1. The molecule has 384 valence electrons. The van der Waals surface area contributed by atoms with Gasteiger partial charge >= 0.3 is 11.9 Å². The van der Waals surface area contributed by atoms with Gasteiger partial charge < -0.3 is 74.4 Å². The van der Waals surface area contributed by atoms with E-state index in [0.717, 1.165) is 0 Å². The van der Waals surface area contributed by atoms with E-state index < -0.39 is 145 Å². The summed E-state index contributed by atoms with van der Waals surface area (Å²) in [6, 6.07) is 3.75. The summed E-state index contributed by atoms with van der Waals surface area (Å²) < 4.78 is 0. The van der Waals surface area contributed by atoms with Crippen LogP contribution in [0, 0.1) is 5.92 Å². The number of carbonyl (C=O) groups is 11. The summed E-state index contributed by atoms with van der Waals surface area (Å²) in [4.78, 5) is 141. The van der Waals surface area contributed by atoms with Gasteiger partial charge in [-0.3, -0.25) is 47.9 Å². The number of phenolic OH excluding ortho intramolecular Hbond substituents is 1. The monoisotopic (exact) mass is 1000 g/mol. The first-order chi connectivity index (χ1) is 32.9. The molecule has 25 nitrogen and oxygen atoms in total. The molecule has 2 rings (SSSR count). The van der Waals surface area contributed by atoms with Crippen LogP contribution in [-0.4, -0.2) is 159 Å². The van der Waals surface area contributed by atoms with Gasteiger partial charge in [0.15, 0.2) is 0 Å². The van der Waals surface area contributed by atoms with Gasteiger partial charge in [-0.25, -0.2) is 4.79 Å². The zero-order valence-electron chi connectivity index (χ0n) is 38.9. The normalized spacial score (nSPS) is 14.3. The van der Waals surface area contributed by atoms with Gasteiger partial charge in [0, 0.05) is 6.42 Å². The minimum absolute atomic E-state index is 0.0508. The quantitative estimate of drug-likeness (QED) is 0.0353. The van der Waals surface area contributed by atoms with Crippen LogP contribution < -0.4 is 54.0 Å². The molecule has 0 aromatic heterocycles. The lowest BCUT2D eigenvalue weighted by Crippen LogP contribution is -2.60. The number of thioether (sulfide) groups is 1. The second-order valence-corrected chi connectivity index (χ2v) is 17.3. The third-order valence-electron chi connectivity index (χ3n) is 10.1. The average molecular weight is 1000 g/mol. The van der Waals surface area contributed by atoms with Crippen LogP contribution >= 0.6 is 11.8 Å². The van der Waals surface area contributed by atoms with Crippen molar-refractivity contribution >= 4 is 76.9 Å². The van der Waals surface area contributed by atoms with Gasteiger partial charge in [-0.2, -0.15) is 11.8 Å². The molecule has 26 heteroatoms. The SMILES string of the molecule is CSCC[C@H](NC(=O)[C@H](CC(=O)O)NC(=O)[C@@H](NC(=O)[C@@H](N)Cc1ccccc1)[C@@H](C)O)C(=O)NCC(=O)NCC(=O)N[C@@H](CC(N)=O)C(=O)N[C@H](C(=O)N[C@@H](Cc1ccc(O)cc1)C(=O)O)C(C)C. The van der Waals surface area contributed by atoms with E-state index in [1.54, 1.807) is 36.6 Å². The number of carboxylic acids is 2. The molecule has 0 aliphatic carbocycles. The molecule has 8 atom stereocenters. The topological polar surface area (TPSA) is 417 Å². The Balaban J connectivity index is 2.05. The second-order valence-electron chi connectivity index (χ2n) is 16.3. The molecule has 16 N–H and O–H groups in total. The van der Waals surface area contributed by atoms with E-state index in [1.165, 1.54) is 56.8 Å². The third-order valence-corrected chi connectivity index (χ3v) is 10.8. The van der Waals surface area contributed by atoms with E-state index in [-0.39, 0.29) is 30.8 Å². The highest BCUT2D eigenvalue weighted by Gasteiger charge is 2.35. The standard InChI is InChI=1S/C44H62N10O15S/c1-22(2)36(42(66)52-31(44(68)69)17-25-10-12-26(56)13-11-25)53-41(65)29(18-32(46)57)49-34(59)21-47-33(58)20-48-39(63)28(14-15-70-4)50-40(64)30(19-35(60)61)51-43(67)37(23(3)55)54-38(62)27(45)16-24-8-6-5-7-9-24/h5-13,22-23,27-31,36-37,55-56H,14-21,45H2,1-4H3,(H2,46,57)(H,47,58)(H,48,63)(H,49,59)(H,50,64)(H,51,67)(H,52,66)(H,53,65)(H,54,62)(H,60,61)(H,68,69)/t23-,27+,28+,29+,30+,31+,36+,37+/m1/s1. The zero-order chi connectivity index (χ0) is 52.7. The van der Waals surface area contributed by atoms with Crippen molar-refractivity contribution in [3.8, 4) is 5.75 Å². The van der Waals surface area contributed by atoms with Gasteiger partial charge in [-0.05, 0) is 61.0 Å². The molecule has 0 bridgehead atoms. The molecule has 2 aromatic carbocycles. The van der Waals surface area contributed by atoms with Gasteiger partial charge in [0.1, 0.15) is 42.0 Å². The Hall–Kier alpha value is -7.32. The molecule has 0 fully saturated rings. The molecule has 0 radical (unpaired) electrons. The molecule has 0 saturated carbocycles. The molecule has 0 saturated heterocycles. The van der Waals surface area contributed by atoms with Gasteiger partial charge in [-0.1, -0.05) is 56.3 Å². The number of hydrogen-bond acceptors (Lipinski definition) is 15. The number of aromatic hydroxyl groups is 1. The summed E-state index contributed by atoms with van der Waals surface area (Å²) in [5, 5.41) is 57.4. The predicted molar refractivity (Wildman–Crippen MR) is 251 cm³/mol. The number of nitrogens with two attached hydrogens (primary N) is 2. The van der Waals surface area contributed by atoms with Crippen molar-refractivity contribution in [2.24, 2.45) is 17.4 Å². The van der Waals surface area contributed by atoms with Gasteiger partial charge in [0.2, 0.25) is 53.2 Å². The van der Waals surface area contributed by atoms with Gasteiger partial charge in [-0.15, -0.1) is 0 Å². The van der Waals surface area contributed by atoms with Crippen molar-refractivity contribution in [1.29, 1.82) is 0 Å². The minimum atomic E-state index is -1.83. The minimum Gasteiger partial charge on any atom is -0.508 e. The van der Waals surface area contributed by atoms with E-state index in [2.05, 4.69) is 42.5 Å². The Labute approximate surface area is 406 Å². The number of nitrogens with one attached hydrogen (secondary N) is 8. The number of aliphatic hydroxyl groups excluding tert-OH is 1. The highest BCUT2D eigenvalue weighted by molar-refractivity contribution is 7.98. The van der Waals surface area contributed by atoms with E-state index in [0.29, 0.717) is 11.1 Å². The number of aliphatic carboxylic acids is 2. The van der Waals surface area contributed by atoms with E-state index in [1.807, 2.05) is 0 Å². The highest BCUT2D eigenvalue weighted by Crippen LogP contribution is 2.13. The van der Waals surface area contributed by atoms with E-state index in [4.69, 9.17) is 11.5 Å². The lowest BCUT2D eigenvalue weighted by molar-refractivity contribution is -0.142. The Kier molecular flexibility index (Phi) is 24.8. The number of rotatable bonds is 30. The summed E-state index contributed by atoms with van der Waals surface area (Å²) in [6.07, 6.45) is -1.74. The first-order valence-corrected chi connectivity index (χ1v) is 23.1. The van der Waals surface area contributed by atoms with Crippen molar-refractivity contribution in [3.63, 3.8) is 0 Å². The average Bonchev–Trinajstić information content (AvgIpc) is 3.29. The molecule has 9 amide bonds. The molecule has 70 heavy (non-hydrogen) atoms. The predicted octanol–water partition coefficient (Wildman–Crippen LogP) is -4.13. The maximum atomic E-state index is 13.4. The van der Waals surface area contributed by atoms with Crippen LogP contribution in [0.4, 0.5) is 0 Å². The Bertz CT molecular complexity index is 2160. The third kappa shape index (κ3) is 21.3. The Morgan fingerprint density at radius 2 is 1.11 bits per heavy atom. The fourth-order valence-electron chi connectivity index (χ4n) is 6.35. The number of hydrogen-bond donors (Lipinski definition) is 14. The van der Waals surface area contributed by atoms with Crippen molar-refractivity contribution in [2.75, 3.05) is 25.1 Å². The number of carboxylic acid groups (broad SMARTS) is 2.